The molecule has 6 nitrogen and oxygen atoms in total. The Hall–Kier alpha value is -1.79. The standard InChI is InChI=1S/C19H29N3O3.ClH/c1-12(2)17(19(24)21-15-11-20-10-9-13(15)3)22-18(23)14-7-5-6-8-16(14)25-4;/h5-8,12-13,15,17,20H,9-11H2,1-4H3,(H,21,24)(H,22,23);1H. The summed E-state index contributed by atoms with van der Waals surface area (Å²) in [6, 6.07) is 6.50. The van der Waals surface area contributed by atoms with E-state index in [1.165, 1.54) is 7.11 Å². The molecule has 146 valence electrons. The lowest BCUT2D eigenvalue weighted by atomic mass is 9.93. The zero-order valence-electron chi connectivity index (χ0n) is 15.9. The zero-order chi connectivity index (χ0) is 18.4. The Labute approximate surface area is 161 Å². The number of nitrogens with one attached hydrogen (secondary N) is 3. The Morgan fingerprint density at radius 1 is 1.27 bits per heavy atom. The monoisotopic (exact) mass is 383 g/mol. The van der Waals surface area contributed by atoms with Crippen LogP contribution in [-0.4, -0.2) is 44.1 Å². The summed E-state index contributed by atoms with van der Waals surface area (Å²) in [5.74, 6) is 0.446. The maximum atomic E-state index is 12.7. The molecule has 0 aromatic heterocycles. The predicted octanol–water partition coefficient (Wildman–Crippen LogP) is 1.99. The fourth-order valence-electron chi connectivity index (χ4n) is 3.04. The first-order valence-electron chi connectivity index (χ1n) is 8.89. The number of benzene rings is 1. The highest BCUT2D eigenvalue weighted by molar-refractivity contribution is 5.99. The van der Waals surface area contributed by atoms with Gasteiger partial charge in [-0.1, -0.05) is 32.9 Å². The van der Waals surface area contributed by atoms with Crippen molar-refractivity contribution in [1.29, 1.82) is 0 Å². The highest BCUT2D eigenvalue weighted by atomic mass is 35.5. The molecule has 7 heteroatoms. The van der Waals surface area contributed by atoms with Crippen molar-refractivity contribution in [3.05, 3.63) is 29.8 Å². The Morgan fingerprint density at radius 2 is 1.96 bits per heavy atom. The topological polar surface area (TPSA) is 79.5 Å². The molecule has 3 unspecified atom stereocenters. The van der Waals surface area contributed by atoms with Crippen LogP contribution in [0.1, 0.15) is 37.6 Å². The molecule has 0 radical (unpaired) electrons. The van der Waals surface area contributed by atoms with E-state index in [1.807, 2.05) is 13.8 Å². The van der Waals surface area contributed by atoms with Crippen LogP contribution in [0.2, 0.25) is 0 Å². The van der Waals surface area contributed by atoms with Crippen LogP contribution in [0, 0.1) is 11.8 Å². The third-order valence-corrected chi connectivity index (χ3v) is 4.74. The molecule has 1 aliphatic rings. The number of methoxy groups -OCH3 is 1. The fraction of sp³-hybridized carbons (Fsp3) is 0.579. The average Bonchev–Trinajstić information content (AvgIpc) is 2.60. The van der Waals surface area contributed by atoms with Crippen molar-refractivity contribution in [1.82, 2.24) is 16.0 Å². The summed E-state index contributed by atoms with van der Waals surface area (Å²) >= 11 is 0. The zero-order valence-corrected chi connectivity index (χ0v) is 16.7. The Morgan fingerprint density at radius 3 is 2.58 bits per heavy atom. The van der Waals surface area contributed by atoms with Gasteiger partial charge >= 0.3 is 0 Å². The molecule has 2 amide bonds. The van der Waals surface area contributed by atoms with E-state index in [9.17, 15) is 9.59 Å². The first kappa shape index (κ1) is 22.3. The van der Waals surface area contributed by atoms with Crippen LogP contribution < -0.4 is 20.7 Å². The van der Waals surface area contributed by atoms with Gasteiger partial charge in [-0.2, -0.15) is 0 Å². The second-order valence-corrected chi connectivity index (χ2v) is 6.98. The summed E-state index contributed by atoms with van der Waals surface area (Å²) < 4.78 is 5.23. The van der Waals surface area contributed by atoms with Gasteiger partial charge in [0.25, 0.3) is 5.91 Å². The SMILES string of the molecule is COc1ccccc1C(=O)NC(C(=O)NC1CNCCC1C)C(C)C.Cl. The number of piperidine rings is 1. The van der Waals surface area contributed by atoms with E-state index in [4.69, 9.17) is 4.74 Å². The van der Waals surface area contributed by atoms with Gasteiger partial charge in [0.1, 0.15) is 11.8 Å². The molecular formula is C19H30ClN3O3. The van der Waals surface area contributed by atoms with Crippen molar-refractivity contribution >= 4 is 24.2 Å². The minimum atomic E-state index is -0.591. The van der Waals surface area contributed by atoms with Gasteiger partial charge in [0.15, 0.2) is 0 Å². The number of carbonyl (C=O) groups is 2. The summed E-state index contributed by atoms with van der Waals surface area (Å²) in [7, 11) is 1.52. The van der Waals surface area contributed by atoms with Crippen LogP contribution in [0.3, 0.4) is 0 Å². The van der Waals surface area contributed by atoms with Gasteiger partial charge in [-0.3, -0.25) is 9.59 Å². The van der Waals surface area contributed by atoms with E-state index >= 15 is 0 Å². The van der Waals surface area contributed by atoms with Crippen molar-refractivity contribution in [3.63, 3.8) is 0 Å². The minimum Gasteiger partial charge on any atom is -0.496 e. The van der Waals surface area contributed by atoms with Crippen LogP contribution in [0.15, 0.2) is 24.3 Å². The van der Waals surface area contributed by atoms with E-state index in [0.717, 1.165) is 19.5 Å². The molecule has 1 aromatic rings. The van der Waals surface area contributed by atoms with Gasteiger partial charge in [0, 0.05) is 12.6 Å². The Balaban J connectivity index is 0.00000338. The summed E-state index contributed by atoms with van der Waals surface area (Å²) in [4.78, 5) is 25.4. The number of hydrogen-bond acceptors (Lipinski definition) is 4. The third kappa shape index (κ3) is 5.61. The third-order valence-electron chi connectivity index (χ3n) is 4.74. The van der Waals surface area contributed by atoms with Gasteiger partial charge < -0.3 is 20.7 Å². The Bertz CT molecular complexity index is 609. The van der Waals surface area contributed by atoms with Crippen molar-refractivity contribution in [2.45, 2.75) is 39.3 Å². The van der Waals surface area contributed by atoms with Crippen LogP contribution in [0.5, 0.6) is 5.75 Å². The van der Waals surface area contributed by atoms with Gasteiger partial charge in [0.05, 0.1) is 12.7 Å². The van der Waals surface area contributed by atoms with Crippen LogP contribution >= 0.6 is 12.4 Å². The van der Waals surface area contributed by atoms with Crippen molar-refractivity contribution in [3.8, 4) is 5.75 Å². The molecule has 1 heterocycles. The largest absolute Gasteiger partial charge is 0.496 e. The predicted molar refractivity (Wildman–Crippen MR) is 105 cm³/mol. The normalized spacial score (nSPS) is 20.7. The molecule has 26 heavy (non-hydrogen) atoms. The first-order valence-corrected chi connectivity index (χ1v) is 8.89. The maximum absolute atomic E-state index is 12.7. The van der Waals surface area contributed by atoms with Gasteiger partial charge in [-0.05, 0) is 36.9 Å². The Kier molecular flexibility index (Phi) is 8.88. The van der Waals surface area contributed by atoms with E-state index in [1.54, 1.807) is 24.3 Å². The summed E-state index contributed by atoms with van der Waals surface area (Å²) in [6.45, 7) is 7.73. The first-order chi connectivity index (χ1) is 11.9. The molecule has 1 aromatic carbocycles. The number of carbonyl (C=O) groups excluding carboxylic acids is 2. The fourth-order valence-corrected chi connectivity index (χ4v) is 3.04. The highest BCUT2D eigenvalue weighted by Gasteiger charge is 2.29. The second-order valence-electron chi connectivity index (χ2n) is 6.98. The molecule has 0 aliphatic carbocycles. The van der Waals surface area contributed by atoms with Crippen LogP contribution in [-0.2, 0) is 4.79 Å². The number of ether oxygens (including phenoxy) is 1. The van der Waals surface area contributed by atoms with Crippen molar-refractivity contribution in [2.24, 2.45) is 11.8 Å². The van der Waals surface area contributed by atoms with Gasteiger partial charge in [0.2, 0.25) is 5.91 Å². The maximum Gasteiger partial charge on any atom is 0.255 e. The lowest BCUT2D eigenvalue weighted by Gasteiger charge is -2.32. The van der Waals surface area contributed by atoms with E-state index in [-0.39, 0.29) is 36.2 Å². The molecule has 3 atom stereocenters. The molecule has 0 bridgehead atoms. The van der Waals surface area contributed by atoms with Crippen molar-refractivity contribution < 1.29 is 14.3 Å². The molecule has 1 fully saturated rings. The second kappa shape index (κ2) is 10.4. The highest BCUT2D eigenvalue weighted by Crippen LogP contribution is 2.18. The lowest BCUT2D eigenvalue weighted by molar-refractivity contribution is -0.125. The van der Waals surface area contributed by atoms with Gasteiger partial charge in [-0.15, -0.1) is 12.4 Å². The van der Waals surface area contributed by atoms with E-state index < -0.39 is 6.04 Å². The van der Waals surface area contributed by atoms with Crippen molar-refractivity contribution in [2.75, 3.05) is 20.2 Å². The lowest BCUT2D eigenvalue weighted by Crippen LogP contribution is -2.56. The summed E-state index contributed by atoms with van der Waals surface area (Å²) in [5, 5.41) is 9.25. The molecule has 1 saturated heterocycles. The minimum absolute atomic E-state index is 0. The van der Waals surface area contributed by atoms with Gasteiger partial charge in [-0.25, -0.2) is 0 Å². The molecule has 2 rings (SSSR count). The molecule has 0 spiro atoms. The molecule has 3 N–H and O–H groups in total. The number of halogens is 1. The molecule has 0 saturated carbocycles. The smallest absolute Gasteiger partial charge is 0.255 e. The van der Waals surface area contributed by atoms with Crippen LogP contribution in [0.4, 0.5) is 0 Å². The number of rotatable bonds is 6. The number of amides is 2. The number of hydrogen-bond donors (Lipinski definition) is 3. The van der Waals surface area contributed by atoms with E-state index in [0.29, 0.717) is 17.2 Å². The average molecular weight is 384 g/mol. The van der Waals surface area contributed by atoms with E-state index in [2.05, 4.69) is 22.9 Å². The summed E-state index contributed by atoms with van der Waals surface area (Å²) in [5.41, 5.74) is 0.427. The summed E-state index contributed by atoms with van der Waals surface area (Å²) in [6.07, 6.45) is 1.03. The number of para-hydroxylation sites is 1. The molecule has 1 aliphatic heterocycles. The quantitative estimate of drug-likeness (QED) is 0.701. The molecular weight excluding hydrogens is 354 g/mol. The van der Waals surface area contributed by atoms with Crippen LogP contribution in [0.25, 0.3) is 0 Å².